The Morgan fingerprint density at radius 1 is 1.50 bits per heavy atom. The molecule has 2 rings (SSSR count). The lowest BCUT2D eigenvalue weighted by Gasteiger charge is -2.08. The molecule has 86 valence electrons. The van der Waals surface area contributed by atoms with Crippen LogP contribution in [-0.4, -0.2) is 26.3 Å². The number of H-pyrrole nitrogens is 1. The number of imidazole rings is 1. The predicted octanol–water partition coefficient (Wildman–Crippen LogP) is 1.87. The fraction of sp³-hybridized carbons (Fsp3) is 0.455. The number of rotatable bonds is 6. The molecule has 0 radical (unpaired) electrons. The Morgan fingerprint density at radius 3 is 3.19 bits per heavy atom. The molecule has 0 aliphatic rings. The lowest BCUT2D eigenvalue weighted by atomic mass is 10.3. The Labute approximate surface area is 94.9 Å². The monoisotopic (exact) mass is 219 g/mol. The highest BCUT2D eigenvalue weighted by atomic mass is 15.2. The van der Waals surface area contributed by atoms with E-state index in [0.29, 0.717) is 0 Å². The number of hydrogen-bond acceptors (Lipinski definition) is 3. The summed E-state index contributed by atoms with van der Waals surface area (Å²) in [6, 6.07) is 0. The standard InChI is InChI=1S/C11H17N5/c1-2-3-4-12-11-13-5-6-16(11)9-10-7-14-15-8-10/h5-8H,2-4,9H2,1H3,(H,12,13)(H,14,15). The van der Waals surface area contributed by atoms with Gasteiger partial charge in [0.05, 0.1) is 12.7 Å². The normalized spacial score (nSPS) is 10.6. The van der Waals surface area contributed by atoms with Crippen molar-refractivity contribution in [3.05, 3.63) is 30.4 Å². The van der Waals surface area contributed by atoms with Gasteiger partial charge in [-0.25, -0.2) is 4.98 Å². The van der Waals surface area contributed by atoms with Crippen molar-refractivity contribution in [1.82, 2.24) is 19.7 Å². The molecule has 2 heterocycles. The molecule has 0 spiro atoms. The van der Waals surface area contributed by atoms with Crippen molar-refractivity contribution >= 4 is 5.95 Å². The number of nitrogens with one attached hydrogen (secondary N) is 2. The van der Waals surface area contributed by atoms with Crippen molar-refractivity contribution in [2.24, 2.45) is 0 Å². The topological polar surface area (TPSA) is 58.5 Å². The predicted molar refractivity (Wildman–Crippen MR) is 63.3 cm³/mol. The van der Waals surface area contributed by atoms with Gasteiger partial charge in [-0.15, -0.1) is 0 Å². The van der Waals surface area contributed by atoms with Crippen LogP contribution in [0.2, 0.25) is 0 Å². The number of unbranched alkanes of at least 4 members (excludes halogenated alkanes) is 1. The first kappa shape index (κ1) is 10.7. The lowest BCUT2D eigenvalue weighted by Crippen LogP contribution is -2.08. The van der Waals surface area contributed by atoms with E-state index in [2.05, 4.69) is 32.0 Å². The molecule has 0 aromatic carbocycles. The van der Waals surface area contributed by atoms with E-state index in [-0.39, 0.29) is 0 Å². The minimum Gasteiger partial charge on any atom is -0.356 e. The van der Waals surface area contributed by atoms with E-state index in [4.69, 9.17) is 0 Å². The second-order valence-corrected chi connectivity index (χ2v) is 3.77. The highest BCUT2D eigenvalue weighted by Gasteiger charge is 2.02. The number of anilines is 1. The average molecular weight is 219 g/mol. The molecule has 0 aliphatic carbocycles. The number of aromatic nitrogens is 4. The minimum atomic E-state index is 0.797. The summed E-state index contributed by atoms with van der Waals surface area (Å²) in [5.41, 5.74) is 1.15. The first-order valence-corrected chi connectivity index (χ1v) is 5.63. The number of nitrogens with zero attached hydrogens (tertiary/aromatic N) is 3. The Bertz CT molecular complexity index is 404. The van der Waals surface area contributed by atoms with Crippen molar-refractivity contribution < 1.29 is 0 Å². The van der Waals surface area contributed by atoms with Gasteiger partial charge in [-0.3, -0.25) is 5.10 Å². The fourth-order valence-corrected chi connectivity index (χ4v) is 1.54. The molecule has 0 aliphatic heterocycles. The molecule has 2 N–H and O–H groups in total. The molecule has 16 heavy (non-hydrogen) atoms. The van der Waals surface area contributed by atoms with Crippen LogP contribution in [0.15, 0.2) is 24.8 Å². The van der Waals surface area contributed by atoms with Crippen LogP contribution in [0.5, 0.6) is 0 Å². The van der Waals surface area contributed by atoms with Crippen molar-refractivity contribution in [2.75, 3.05) is 11.9 Å². The van der Waals surface area contributed by atoms with E-state index in [9.17, 15) is 0 Å². The maximum atomic E-state index is 4.29. The van der Waals surface area contributed by atoms with Gasteiger partial charge in [0.25, 0.3) is 0 Å². The van der Waals surface area contributed by atoms with Crippen LogP contribution in [0.4, 0.5) is 5.95 Å². The molecular weight excluding hydrogens is 202 g/mol. The molecule has 0 fully saturated rings. The summed E-state index contributed by atoms with van der Waals surface area (Å²) in [7, 11) is 0. The van der Waals surface area contributed by atoms with Crippen molar-refractivity contribution in [3.8, 4) is 0 Å². The van der Waals surface area contributed by atoms with Gasteiger partial charge in [0.1, 0.15) is 0 Å². The Hall–Kier alpha value is -1.78. The summed E-state index contributed by atoms with van der Waals surface area (Å²) in [6.07, 6.45) is 9.87. The molecule has 0 unspecified atom stereocenters. The van der Waals surface area contributed by atoms with Crippen LogP contribution in [0.25, 0.3) is 0 Å². The summed E-state index contributed by atoms with van der Waals surface area (Å²) in [4.78, 5) is 4.29. The maximum Gasteiger partial charge on any atom is 0.203 e. The zero-order chi connectivity index (χ0) is 11.2. The average Bonchev–Trinajstić information content (AvgIpc) is 2.92. The minimum absolute atomic E-state index is 0.797. The largest absolute Gasteiger partial charge is 0.356 e. The van der Waals surface area contributed by atoms with Gasteiger partial charge in [-0.05, 0) is 6.42 Å². The zero-order valence-electron chi connectivity index (χ0n) is 9.48. The SMILES string of the molecule is CCCCNc1nccn1Cc1cn[nH]c1. The number of aromatic amines is 1. The van der Waals surface area contributed by atoms with Gasteiger partial charge in [0.15, 0.2) is 0 Å². The number of hydrogen-bond donors (Lipinski definition) is 2. The molecule has 0 saturated carbocycles. The first-order chi connectivity index (χ1) is 7.90. The Balaban J connectivity index is 1.96. The third-order valence-electron chi connectivity index (χ3n) is 2.44. The first-order valence-electron chi connectivity index (χ1n) is 5.63. The quantitative estimate of drug-likeness (QED) is 0.729. The summed E-state index contributed by atoms with van der Waals surface area (Å²) >= 11 is 0. The molecule has 2 aromatic rings. The molecule has 0 amide bonds. The molecule has 2 aromatic heterocycles. The molecule has 5 nitrogen and oxygen atoms in total. The second-order valence-electron chi connectivity index (χ2n) is 3.77. The van der Waals surface area contributed by atoms with Crippen molar-refractivity contribution in [1.29, 1.82) is 0 Å². The lowest BCUT2D eigenvalue weighted by molar-refractivity contribution is 0.776. The van der Waals surface area contributed by atoms with Gasteiger partial charge >= 0.3 is 0 Å². The fourth-order valence-electron chi connectivity index (χ4n) is 1.54. The smallest absolute Gasteiger partial charge is 0.203 e. The van der Waals surface area contributed by atoms with Gasteiger partial charge in [-0.2, -0.15) is 5.10 Å². The summed E-state index contributed by atoms with van der Waals surface area (Å²) in [6.45, 7) is 3.95. The van der Waals surface area contributed by atoms with Gasteiger partial charge in [-0.1, -0.05) is 13.3 Å². The van der Waals surface area contributed by atoms with E-state index in [1.54, 1.807) is 0 Å². The Morgan fingerprint density at radius 2 is 2.44 bits per heavy atom. The molecule has 5 heteroatoms. The van der Waals surface area contributed by atoms with Crippen LogP contribution in [-0.2, 0) is 6.54 Å². The molecule has 0 atom stereocenters. The van der Waals surface area contributed by atoms with Crippen LogP contribution in [0, 0.1) is 0 Å². The summed E-state index contributed by atoms with van der Waals surface area (Å²) in [5, 5.41) is 10.1. The molecule has 0 saturated heterocycles. The van der Waals surface area contributed by atoms with E-state index in [1.165, 1.54) is 12.8 Å². The van der Waals surface area contributed by atoms with Crippen LogP contribution in [0.1, 0.15) is 25.3 Å². The highest BCUT2D eigenvalue weighted by molar-refractivity contribution is 5.27. The van der Waals surface area contributed by atoms with Crippen molar-refractivity contribution in [2.45, 2.75) is 26.3 Å². The molecular formula is C11H17N5. The highest BCUT2D eigenvalue weighted by Crippen LogP contribution is 2.08. The molecule has 0 bridgehead atoms. The third-order valence-corrected chi connectivity index (χ3v) is 2.44. The summed E-state index contributed by atoms with van der Waals surface area (Å²) in [5.74, 6) is 0.926. The van der Waals surface area contributed by atoms with E-state index >= 15 is 0 Å². The second kappa shape index (κ2) is 5.34. The van der Waals surface area contributed by atoms with Gasteiger partial charge in [0.2, 0.25) is 5.95 Å². The van der Waals surface area contributed by atoms with E-state index in [0.717, 1.165) is 24.6 Å². The van der Waals surface area contributed by atoms with Gasteiger partial charge in [0, 0.05) is 30.7 Å². The Kier molecular flexibility index (Phi) is 3.58. The van der Waals surface area contributed by atoms with Gasteiger partial charge < -0.3 is 9.88 Å². The maximum absolute atomic E-state index is 4.29. The summed E-state index contributed by atoms with van der Waals surface area (Å²) < 4.78 is 2.08. The van der Waals surface area contributed by atoms with Crippen LogP contribution < -0.4 is 5.32 Å². The zero-order valence-corrected chi connectivity index (χ0v) is 9.48. The van der Waals surface area contributed by atoms with Crippen molar-refractivity contribution in [3.63, 3.8) is 0 Å². The van der Waals surface area contributed by atoms with Crippen LogP contribution >= 0.6 is 0 Å². The van der Waals surface area contributed by atoms with Crippen LogP contribution in [0.3, 0.4) is 0 Å². The van der Waals surface area contributed by atoms with E-state index in [1.807, 2.05) is 24.8 Å². The third kappa shape index (κ3) is 2.62. The van der Waals surface area contributed by atoms with E-state index < -0.39 is 0 Å².